The molecule has 0 spiro atoms. The molecule has 3 aromatic heterocycles. The first kappa shape index (κ1) is 30.7. The van der Waals surface area contributed by atoms with Crippen molar-refractivity contribution in [3.8, 4) is 17.3 Å². The number of rotatable bonds is 4. The standard InChI is InChI=1S/C44H40N4OS/c1-43(2,3)28-22-23-45-40(24-28)48-38-26-31(18-19-32(38)34-20-21-35-33-14-7-10-17-39(33)50-42(35)41(34)48)49-30-13-11-12-29(25-30)46-27-47(44(4,5)6)37-16-9-8-15-36(37)46/h7-26H,27H2,1-6H3. The summed E-state index contributed by atoms with van der Waals surface area (Å²) in [6.07, 6.45) is 1.95. The predicted molar refractivity (Wildman–Crippen MR) is 212 cm³/mol. The van der Waals surface area contributed by atoms with Crippen molar-refractivity contribution in [1.29, 1.82) is 0 Å². The number of nitrogens with zero attached hydrogens (tertiary/aromatic N) is 4. The van der Waals surface area contributed by atoms with E-state index in [4.69, 9.17) is 9.72 Å². The van der Waals surface area contributed by atoms with E-state index in [1.807, 2.05) is 23.6 Å². The van der Waals surface area contributed by atoms with Gasteiger partial charge in [0.2, 0.25) is 0 Å². The highest BCUT2D eigenvalue weighted by Crippen LogP contribution is 2.46. The van der Waals surface area contributed by atoms with Gasteiger partial charge in [0.15, 0.2) is 0 Å². The van der Waals surface area contributed by atoms with Gasteiger partial charge in [0.25, 0.3) is 0 Å². The van der Waals surface area contributed by atoms with Crippen LogP contribution in [0.25, 0.3) is 47.8 Å². The first-order valence-corrected chi connectivity index (χ1v) is 18.1. The van der Waals surface area contributed by atoms with Crippen molar-refractivity contribution in [2.24, 2.45) is 0 Å². The Balaban J connectivity index is 1.18. The molecule has 0 amide bonds. The Kier molecular flexibility index (Phi) is 6.81. The average Bonchev–Trinajstić information content (AvgIpc) is 3.78. The summed E-state index contributed by atoms with van der Waals surface area (Å²) in [5.74, 6) is 2.50. The maximum absolute atomic E-state index is 6.70. The number of fused-ring (bicyclic) bond motifs is 8. The van der Waals surface area contributed by atoms with E-state index >= 15 is 0 Å². The quantitative estimate of drug-likeness (QED) is 0.186. The summed E-state index contributed by atoms with van der Waals surface area (Å²) in [5.41, 5.74) is 7.06. The van der Waals surface area contributed by atoms with Gasteiger partial charge in [0, 0.05) is 55.8 Å². The molecular formula is C44H40N4OS. The third-order valence-corrected chi connectivity index (χ3v) is 11.2. The van der Waals surface area contributed by atoms with Crippen LogP contribution in [0.4, 0.5) is 17.1 Å². The van der Waals surface area contributed by atoms with Crippen molar-refractivity contribution in [1.82, 2.24) is 9.55 Å². The molecule has 248 valence electrons. The zero-order valence-electron chi connectivity index (χ0n) is 29.4. The van der Waals surface area contributed by atoms with Crippen LogP contribution in [0.1, 0.15) is 47.1 Å². The third-order valence-electron chi connectivity index (χ3n) is 10.0. The van der Waals surface area contributed by atoms with Crippen molar-refractivity contribution < 1.29 is 4.74 Å². The molecule has 0 atom stereocenters. The second-order valence-electron chi connectivity index (χ2n) is 15.4. The lowest BCUT2D eigenvalue weighted by Gasteiger charge is -2.34. The highest BCUT2D eigenvalue weighted by molar-refractivity contribution is 7.26. The molecule has 8 aromatic rings. The van der Waals surface area contributed by atoms with Gasteiger partial charge in [-0.25, -0.2) is 4.98 Å². The zero-order valence-corrected chi connectivity index (χ0v) is 30.2. The Bertz CT molecular complexity index is 2600. The molecule has 5 aromatic carbocycles. The topological polar surface area (TPSA) is 33.5 Å². The van der Waals surface area contributed by atoms with Gasteiger partial charge in [-0.15, -0.1) is 11.3 Å². The van der Waals surface area contributed by atoms with Gasteiger partial charge in [-0.1, -0.05) is 69.3 Å². The number of benzene rings is 5. The largest absolute Gasteiger partial charge is 0.457 e. The Morgan fingerprint density at radius 2 is 1.40 bits per heavy atom. The molecule has 4 heterocycles. The molecule has 1 aliphatic rings. The molecule has 0 saturated heterocycles. The van der Waals surface area contributed by atoms with Gasteiger partial charge >= 0.3 is 0 Å². The highest BCUT2D eigenvalue weighted by atomic mass is 32.1. The molecule has 0 fully saturated rings. The molecule has 1 aliphatic heterocycles. The molecule has 6 heteroatoms. The van der Waals surface area contributed by atoms with Crippen LogP contribution in [0.5, 0.6) is 11.5 Å². The third kappa shape index (κ3) is 4.92. The lowest BCUT2D eigenvalue weighted by Crippen LogP contribution is -2.42. The van der Waals surface area contributed by atoms with E-state index in [0.717, 1.165) is 35.2 Å². The molecule has 0 N–H and O–H groups in total. The minimum absolute atomic E-state index is 0.00446. The van der Waals surface area contributed by atoms with E-state index in [0.29, 0.717) is 0 Å². The Morgan fingerprint density at radius 1 is 0.660 bits per heavy atom. The SMILES string of the molecule is CC(C)(C)c1ccnc(-n2c3cc(Oc4cccc(N5CN(C(C)(C)C)c6ccccc65)c4)ccc3c3ccc4c5ccccc5sc4c32)c1. The van der Waals surface area contributed by atoms with Crippen molar-refractivity contribution in [2.45, 2.75) is 52.5 Å². The van der Waals surface area contributed by atoms with E-state index in [9.17, 15) is 0 Å². The molecule has 0 radical (unpaired) electrons. The van der Waals surface area contributed by atoms with E-state index in [1.54, 1.807) is 0 Å². The molecule has 0 unspecified atom stereocenters. The normalized spacial score (nSPS) is 13.6. The Labute approximate surface area is 297 Å². The number of pyridine rings is 1. The minimum Gasteiger partial charge on any atom is -0.457 e. The Morgan fingerprint density at radius 3 is 2.22 bits per heavy atom. The average molecular weight is 673 g/mol. The van der Waals surface area contributed by atoms with E-state index in [1.165, 1.54) is 53.4 Å². The summed E-state index contributed by atoms with van der Waals surface area (Å²) in [4.78, 5) is 9.82. The van der Waals surface area contributed by atoms with Crippen molar-refractivity contribution in [2.75, 3.05) is 16.5 Å². The van der Waals surface area contributed by atoms with Crippen LogP contribution >= 0.6 is 11.3 Å². The number of hydrogen-bond acceptors (Lipinski definition) is 5. The number of ether oxygens (including phenoxy) is 1. The van der Waals surface area contributed by atoms with Crippen LogP contribution in [0.3, 0.4) is 0 Å². The van der Waals surface area contributed by atoms with Gasteiger partial charge in [-0.3, -0.25) is 4.57 Å². The molecule has 50 heavy (non-hydrogen) atoms. The first-order chi connectivity index (χ1) is 24.0. The van der Waals surface area contributed by atoms with Crippen molar-refractivity contribution in [3.63, 3.8) is 0 Å². The van der Waals surface area contributed by atoms with E-state index in [2.05, 4.69) is 165 Å². The van der Waals surface area contributed by atoms with E-state index in [-0.39, 0.29) is 11.0 Å². The van der Waals surface area contributed by atoms with Gasteiger partial charge in [0.1, 0.15) is 17.3 Å². The number of thiophene rings is 1. The number of para-hydroxylation sites is 2. The fraction of sp³-hybridized carbons (Fsp3) is 0.205. The number of aromatic nitrogens is 2. The number of hydrogen-bond donors (Lipinski definition) is 0. The Hall–Kier alpha value is -5.33. The smallest absolute Gasteiger partial charge is 0.137 e. The lowest BCUT2D eigenvalue weighted by atomic mass is 9.88. The van der Waals surface area contributed by atoms with Crippen molar-refractivity contribution >= 4 is 70.4 Å². The monoisotopic (exact) mass is 672 g/mol. The molecule has 0 bridgehead atoms. The van der Waals surface area contributed by atoms with Crippen LogP contribution in [-0.2, 0) is 5.41 Å². The van der Waals surface area contributed by atoms with Gasteiger partial charge in [-0.2, -0.15) is 0 Å². The van der Waals surface area contributed by atoms with Gasteiger partial charge in [-0.05, 0) is 86.3 Å². The summed E-state index contributed by atoms with van der Waals surface area (Å²) in [6, 6.07) is 41.2. The van der Waals surface area contributed by atoms with Crippen LogP contribution < -0.4 is 14.5 Å². The van der Waals surface area contributed by atoms with Crippen LogP contribution in [-0.4, -0.2) is 21.8 Å². The number of anilines is 3. The molecule has 9 rings (SSSR count). The zero-order chi connectivity index (χ0) is 34.4. The molecule has 0 aliphatic carbocycles. The highest BCUT2D eigenvalue weighted by Gasteiger charge is 2.33. The van der Waals surface area contributed by atoms with E-state index < -0.39 is 0 Å². The maximum atomic E-state index is 6.70. The van der Waals surface area contributed by atoms with Crippen molar-refractivity contribution in [3.05, 3.63) is 127 Å². The van der Waals surface area contributed by atoms with Gasteiger partial charge in [0.05, 0.1) is 33.8 Å². The first-order valence-electron chi connectivity index (χ1n) is 17.3. The van der Waals surface area contributed by atoms with Crippen LogP contribution in [0, 0.1) is 0 Å². The van der Waals surface area contributed by atoms with Crippen LogP contribution in [0.15, 0.2) is 121 Å². The molecule has 0 saturated carbocycles. The summed E-state index contributed by atoms with van der Waals surface area (Å²) in [5, 5.41) is 4.96. The summed E-state index contributed by atoms with van der Waals surface area (Å²) < 4.78 is 11.6. The second-order valence-corrected chi connectivity index (χ2v) is 16.4. The second kappa shape index (κ2) is 11.1. The van der Waals surface area contributed by atoms with Crippen LogP contribution in [0.2, 0.25) is 0 Å². The lowest BCUT2D eigenvalue weighted by molar-refractivity contribution is 0.483. The minimum atomic E-state index is -0.0115. The fourth-order valence-electron chi connectivity index (χ4n) is 7.43. The summed E-state index contributed by atoms with van der Waals surface area (Å²) in [6.45, 7) is 14.3. The van der Waals surface area contributed by atoms with Gasteiger partial charge < -0.3 is 14.5 Å². The molecule has 5 nitrogen and oxygen atoms in total. The fourth-order valence-corrected chi connectivity index (χ4v) is 8.67. The summed E-state index contributed by atoms with van der Waals surface area (Å²) in [7, 11) is 0. The molecular weight excluding hydrogens is 633 g/mol. The maximum Gasteiger partial charge on any atom is 0.137 e. The predicted octanol–water partition coefficient (Wildman–Crippen LogP) is 12.4. The summed E-state index contributed by atoms with van der Waals surface area (Å²) >= 11 is 1.85.